The number of aromatic nitrogens is 4. The van der Waals surface area contributed by atoms with Crippen LogP contribution < -0.4 is 4.90 Å². The first-order valence-corrected chi connectivity index (χ1v) is 12.6. The standard InChI is InChI=1S/C29H29N5O3/c1-2-5-22-14-12-21-13-15-24(29(36)37)16-26(21)34(28(22)35)18-19-8-10-20(11-9-19)25-7-4-3-6-23(25)17-27-30-32-33-31-27/h3-4,6-11,13,15-16,22H,2,5,12,14,17-18H2,1H3,(H,36,37)(H,30,31,32,33). The summed E-state index contributed by atoms with van der Waals surface area (Å²) in [6, 6.07) is 21.5. The molecule has 0 saturated carbocycles. The fraction of sp³-hybridized carbons (Fsp3) is 0.276. The van der Waals surface area contributed by atoms with Gasteiger partial charge in [0.15, 0.2) is 5.82 Å². The molecule has 0 saturated heterocycles. The minimum atomic E-state index is -0.992. The summed E-state index contributed by atoms with van der Waals surface area (Å²) in [5.74, 6) is -0.363. The lowest BCUT2D eigenvalue weighted by atomic mass is 9.95. The van der Waals surface area contributed by atoms with Gasteiger partial charge >= 0.3 is 5.97 Å². The number of carbonyl (C=O) groups is 2. The van der Waals surface area contributed by atoms with Crippen LogP contribution in [0.1, 0.15) is 59.1 Å². The van der Waals surface area contributed by atoms with Crippen molar-refractivity contribution in [3.8, 4) is 11.1 Å². The van der Waals surface area contributed by atoms with E-state index in [2.05, 4.69) is 51.8 Å². The first kappa shape index (κ1) is 24.4. The highest BCUT2D eigenvalue weighted by Crippen LogP contribution is 2.34. The summed E-state index contributed by atoms with van der Waals surface area (Å²) < 4.78 is 0. The minimum Gasteiger partial charge on any atom is -0.478 e. The number of rotatable bonds is 8. The van der Waals surface area contributed by atoms with Gasteiger partial charge in [-0.05, 0) is 59.2 Å². The molecular formula is C29H29N5O3. The topological polar surface area (TPSA) is 112 Å². The van der Waals surface area contributed by atoms with Gasteiger partial charge in [0.1, 0.15) is 0 Å². The molecule has 37 heavy (non-hydrogen) atoms. The second-order valence-electron chi connectivity index (χ2n) is 9.46. The van der Waals surface area contributed by atoms with Crippen LogP contribution in [-0.4, -0.2) is 37.6 Å². The Hall–Kier alpha value is -4.33. The highest BCUT2D eigenvalue weighted by Gasteiger charge is 2.30. The lowest BCUT2D eigenvalue weighted by Crippen LogP contribution is -2.35. The fourth-order valence-corrected chi connectivity index (χ4v) is 5.09. The number of anilines is 1. The van der Waals surface area contributed by atoms with E-state index in [1.165, 1.54) is 0 Å². The van der Waals surface area contributed by atoms with E-state index < -0.39 is 5.97 Å². The lowest BCUT2D eigenvalue weighted by Gasteiger charge is -2.26. The van der Waals surface area contributed by atoms with Gasteiger partial charge in [0.05, 0.1) is 12.1 Å². The van der Waals surface area contributed by atoms with Crippen molar-refractivity contribution in [2.45, 2.75) is 45.6 Å². The molecule has 1 aliphatic heterocycles. The lowest BCUT2D eigenvalue weighted by molar-refractivity contribution is -0.122. The highest BCUT2D eigenvalue weighted by atomic mass is 16.4. The summed E-state index contributed by atoms with van der Waals surface area (Å²) in [5, 5.41) is 23.9. The molecule has 0 bridgehead atoms. The molecule has 1 unspecified atom stereocenters. The van der Waals surface area contributed by atoms with Crippen molar-refractivity contribution < 1.29 is 14.7 Å². The number of carboxylic acids is 1. The zero-order chi connectivity index (χ0) is 25.8. The quantitative estimate of drug-likeness (QED) is 0.354. The monoisotopic (exact) mass is 495 g/mol. The number of amides is 1. The van der Waals surface area contributed by atoms with Crippen LogP contribution in [0.3, 0.4) is 0 Å². The Balaban J connectivity index is 1.44. The van der Waals surface area contributed by atoms with Crippen LogP contribution in [0.15, 0.2) is 66.7 Å². The average Bonchev–Trinajstić information content (AvgIpc) is 3.39. The second kappa shape index (κ2) is 10.7. The highest BCUT2D eigenvalue weighted by molar-refractivity contribution is 5.98. The number of H-pyrrole nitrogens is 1. The number of nitrogens with one attached hydrogen (secondary N) is 1. The minimum absolute atomic E-state index is 0.0673. The molecule has 8 heteroatoms. The summed E-state index contributed by atoms with van der Waals surface area (Å²) >= 11 is 0. The Kier molecular flexibility index (Phi) is 7.07. The van der Waals surface area contributed by atoms with Crippen LogP contribution >= 0.6 is 0 Å². The summed E-state index contributed by atoms with van der Waals surface area (Å²) in [6.07, 6.45) is 3.86. The van der Waals surface area contributed by atoms with Crippen molar-refractivity contribution in [2.24, 2.45) is 5.92 Å². The molecule has 5 rings (SSSR count). The predicted molar refractivity (Wildman–Crippen MR) is 140 cm³/mol. The molecule has 1 atom stereocenters. The van der Waals surface area contributed by atoms with Crippen molar-refractivity contribution in [3.63, 3.8) is 0 Å². The molecule has 0 spiro atoms. The first-order chi connectivity index (χ1) is 18.0. The summed E-state index contributed by atoms with van der Waals surface area (Å²) in [7, 11) is 0. The number of nitrogens with zero attached hydrogens (tertiary/aromatic N) is 4. The van der Waals surface area contributed by atoms with Gasteiger partial charge in [0.2, 0.25) is 5.91 Å². The van der Waals surface area contributed by atoms with Crippen LogP contribution in [0.4, 0.5) is 5.69 Å². The van der Waals surface area contributed by atoms with Crippen LogP contribution in [-0.2, 0) is 24.2 Å². The molecule has 2 heterocycles. The van der Waals surface area contributed by atoms with Crippen molar-refractivity contribution in [1.29, 1.82) is 0 Å². The van der Waals surface area contributed by atoms with E-state index in [1.807, 2.05) is 30.3 Å². The van der Waals surface area contributed by atoms with E-state index in [-0.39, 0.29) is 17.4 Å². The Morgan fingerprint density at radius 3 is 2.65 bits per heavy atom. The molecule has 3 aromatic carbocycles. The van der Waals surface area contributed by atoms with E-state index in [0.717, 1.165) is 53.5 Å². The molecule has 4 aromatic rings. The Labute approximate surface area is 215 Å². The van der Waals surface area contributed by atoms with Crippen LogP contribution in [0.2, 0.25) is 0 Å². The number of hydrogen-bond donors (Lipinski definition) is 2. The fourth-order valence-electron chi connectivity index (χ4n) is 5.09. The number of carbonyl (C=O) groups excluding carboxylic acids is 1. The van der Waals surface area contributed by atoms with Crippen molar-refractivity contribution in [2.75, 3.05) is 4.90 Å². The molecule has 1 amide bonds. The van der Waals surface area contributed by atoms with Gasteiger partial charge in [-0.1, -0.05) is 73.2 Å². The van der Waals surface area contributed by atoms with Gasteiger partial charge < -0.3 is 10.0 Å². The van der Waals surface area contributed by atoms with Gasteiger partial charge in [-0.2, -0.15) is 5.21 Å². The molecule has 1 aromatic heterocycles. The SMILES string of the molecule is CCCC1CCc2ccc(C(=O)O)cc2N(Cc2ccc(-c3ccccc3Cc3nn[nH]n3)cc2)C1=O. The van der Waals surface area contributed by atoms with Gasteiger partial charge in [0.25, 0.3) is 0 Å². The molecule has 188 valence electrons. The number of fused-ring (bicyclic) bond motifs is 1. The van der Waals surface area contributed by atoms with Gasteiger partial charge in [-0.15, -0.1) is 10.2 Å². The second-order valence-corrected chi connectivity index (χ2v) is 9.46. The summed E-state index contributed by atoms with van der Waals surface area (Å²) in [6.45, 7) is 2.48. The summed E-state index contributed by atoms with van der Waals surface area (Å²) in [5.41, 5.74) is 6.14. The number of benzene rings is 3. The molecule has 0 radical (unpaired) electrons. The van der Waals surface area contributed by atoms with E-state index >= 15 is 0 Å². The zero-order valence-corrected chi connectivity index (χ0v) is 20.7. The number of carboxylic acid groups (broad SMARTS) is 1. The molecule has 8 nitrogen and oxygen atoms in total. The molecule has 2 N–H and O–H groups in total. The van der Waals surface area contributed by atoms with Gasteiger partial charge in [-0.3, -0.25) is 4.79 Å². The van der Waals surface area contributed by atoms with Crippen LogP contribution in [0.5, 0.6) is 0 Å². The molecule has 0 fully saturated rings. The Morgan fingerprint density at radius 1 is 1.11 bits per heavy atom. The number of aromatic amines is 1. The van der Waals surface area contributed by atoms with E-state index in [4.69, 9.17) is 0 Å². The zero-order valence-electron chi connectivity index (χ0n) is 20.7. The largest absolute Gasteiger partial charge is 0.478 e. The van der Waals surface area contributed by atoms with Gasteiger partial charge in [0, 0.05) is 18.0 Å². The van der Waals surface area contributed by atoms with Gasteiger partial charge in [-0.25, -0.2) is 4.79 Å². The molecule has 1 aliphatic rings. The van der Waals surface area contributed by atoms with Crippen LogP contribution in [0, 0.1) is 5.92 Å². The number of aromatic carboxylic acids is 1. The number of hydrogen-bond acceptors (Lipinski definition) is 5. The maximum Gasteiger partial charge on any atom is 0.335 e. The maximum absolute atomic E-state index is 13.6. The summed E-state index contributed by atoms with van der Waals surface area (Å²) in [4.78, 5) is 27.1. The van der Waals surface area contributed by atoms with E-state index in [9.17, 15) is 14.7 Å². The van der Waals surface area contributed by atoms with Crippen molar-refractivity contribution in [1.82, 2.24) is 20.6 Å². The number of aryl methyl sites for hydroxylation is 1. The molecular weight excluding hydrogens is 466 g/mol. The predicted octanol–water partition coefficient (Wildman–Crippen LogP) is 5.05. The average molecular weight is 496 g/mol. The van der Waals surface area contributed by atoms with Crippen LogP contribution in [0.25, 0.3) is 11.1 Å². The number of tetrazole rings is 1. The Bertz CT molecular complexity index is 1400. The first-order valence-electron chi connectivity index (χ1n) is 12.6. The maximum atomic E-state index is 13.6. The van der Waals surface area contributed by atoms with E-state index in [1.54, 1.807) is 17.0 Å². The normalized spacial score (nSPS) is 15.3. The third kappa shape index (κ3) is 5.28. The molecule has 0 aliphatic carbocycles. The third-order valence-electron chi connectivity index (χ3n) is 7.00. The Morgan fingerprint density at radius 2 is 1.92 bits per heavy atom. The van der Waals surface area contributed by atoms with E-state index in [0.29, 0.717) is 24.5 Å². The third-order valence-corrected chi connectivity index (χ3v) is 7.00. The smallest absolute Gasteiger partial charge is 0.335 e. The van der Waals surface area contributed by atoms with Crippen molar-refractivity contribution >= 4 is 17.6 Å². The van der Waals surface area contributed by atoms with Crippen molar-refractivity contribution in [3.05, 3.63) is 94.8 Å².